The van der Waals surface area contributed by atoms with E-state index in [0.717, 1.165) is 25.0 Å². The highest BCUT2D eigenvalue weighted by molar-refractivity contribution is 6.12. The van der Waals surface area contributed by atoms with Gasteiger partial charge in [-0.15, -0.1) is 0 Å². The molecule has 30 heavy (non-hydrogen) atoms. The van der Waals surface area contributed by atoms with E-state index >= 15 is 0 Å². The maximum absolute atomic E-state index is 13.3. The molecule has 4 rings (SSSR count). The van der Waals surface area contributed by atoms with E-state index in [4.69, 9.17) is 0 Å². The topological polar surface area (TPSA) is 65.0 Å². The molecule has 0 spiro atoms. The van der Waals surface area contributed by atoms with Crippen molar-refractivity contribution in [2.45, 2.75) is 37.9 Å². The van der Waals surface area contributed by atoms with Crippen molar-refractivity contribution >= 4 is 29.0 Å². The lowest BCUT2D eigenvalue weighted by Gasteiger charge is -2.41. The van der Waals surface area contributed by atoms with Gasteiger partial charge in [0.05, 0.1) is 23.4 Å². The summed E-state index contributed by atoms with van der Waals surface area (Å²) in [6.07, 6.45) is 3.81. The van der Waals surface area contributed by atoms with E-state index in [9.17, 15) is 22.8 Å². The number of amides is 2. The van der Waals surface area contributed by atoms with Gasteiger partial charge in [-0.25, -0.2) is 0 Å². The molecule has 3 heterocycles. The lowest BCUT2D eigenvalue weighted by atomic mass is 9.91. The number of alkyl halides is 3. The number of allylic oxidation sites excluding steroid dienone is 2. The number of aliphatic imine (C=N–C) groups is 1. The predicted molar refractivity (Wildman–Crippen MR) is 107 cm³/mol. The van der Waals surface area contributed by atoms with Crippen molar-refractivity contribution in [3.63, 3.8) is 0 Å². The summed E-state index contributed by atoms with van der Waals surface area (Å²) in [7, 11) is 0. The number of carbonyl (C=O) groups is 2. The molecule has 0 bridgehead atoms. The molecule has 1 N–H and O–H groups in total. The van der Waals surface area contributed by atoms with Gasteiger partial charge in [0.1, 0.15) is 11.4 Å². The third-order valence-electron chi connectivity index (χ3n) is 5.61. The molecule has 0 saturated carbocycles. The molecule has 1 atom stereocenters. The molecule has 3 aliphatic rings. The normalized spacial score (nSPS) is 23.5. The Hall–Kier alpha value is -3.10. The number of nitrogens with zero attached hydrogens (tertiary/aromatic N) is 3. The lowest BCUT2D eigenvalue weighted by Crippen LogP contribution is -2.58. The third-order valence-corrected chi connectivity index (χ3v) is 5.61. The quantitative estimate of drug-likeness (QED) is 0.813. The zero-order valence-corrected chi connectivity index (χ0v) is 16.4. The molecule has 1 aromatic rings. The summed E-state index contributed by atoms with van der Waals surface area (Å²) in [4.78, 5) is 32.9. The van der Waals surface area contributed by atoms with Crippen LogP contribution in [0.1, 0.15) is 31.7 Å². The minimum atomic E-state index is -4.53. The number of hydrogen-bond donors (Lipinski definition) is 1. The first-order valence-electron chi connectivity index (χ1n) is 9.72. The van der Waals surface area contributed by atoms with Crippen LogP contribution in [0.2, 0.25) is 0 Å². The van der Waals surface area contributed by atoms with Crippen molar-refractivity contribution < 1.29 is 22.8 Å². The SMILES string of the molecule is CC1(C(=O)Nc2cc(C(F)(F)F)ccc2N2CCCC2)CC(=O)N=C2C=CC=CN21. The Morgan fingerprint density at radius 2 is 1.93 bits per heavy atom. The predicted octanol–water partition coefficient (Wildman–Crippen LogP) is 3.72. The van der Waals surface area contributed by atoms with Crippen LogP contribution in [0.3, 0.4) is 0 Å². The summed E-state index contributed by atoms with van der Waals surface area (Å²) in [5.41, 5.74) is -1.52. The number of fused-ring (bicyclic) bond motifs is 1. The zero-order chi connectivity index (χ0) is 21.5. The second kappa shape index (κ2) is 7.30. The maximum atomic E-state index is 13.3. The molecule has 1 saturated heterocycles. The first-order valence-corrected chi connectivity index (χ1v) is 9.72. The second-order valence-corrected chi connectivity index (χ2v) is 7.76. The average Bonchev–Trinajstić information content (AvgIpc) is 3.21. The highest BCUT2D eigenvalue weighted by Gasteiger charge is 2.45. The van der Waals surface area contributed by atoms with Gasteiger partial charge in [0.2, 0.25) is 0 Å². The molecule has 1 unspecified atom stereocenters. The number of benzene rings is 1. The van der Waals surface area contributed by atoms with Gasteiger partial charge in [-0.3, -0.25) is 9.59 Å². The molecule has 2 amide bonds. The van der Waals surface area contributed by atoms with Crippen molar-refractivity contribution in [2.75, 3.05) is 23.3 Å². The highest BCUT2D eigenvalue weighted by atomic mass is 19.4. The van der Waals surface area contributed by atoms with E-state index in [1.165, 1.54) is 6.07 Å². The number of anilines is 2. The van der Waals surface area contributed by atoms with Crippen LogP contribution in [-0.2, 0) is 15.8 Å². The van der Waals surface area contributed by atoms with Crippen LogP contribution < -0.4 is 10.2 Å². The summed E-state index contributed by atoms with van der Waals surface area (Å²) < 4.78 is 39.9. The van der Waals surface area contributed by atoms with Gasteiger partial charge < -0.3 is 15.1 Å². The van der Waals surface area contributed by atoms with Crippen LogP contribution in [-0.4, -0.2) is 41.2 Å². The molecule has 0 aliphatic carbocycles. The van der Waals surface area contributed by atoms with Crippen molar-refractivity contribution in [3.05, 3.63) is 48.2 Å². The summed E-state index contributed by atoms with van der Waals surface area (Å²) in [5.74, 6) is -0.694. The van der Waals surface area contributed by atoms with Gasteiger partial charge in [0.15, 0.2) is 0 Å². The van der Waals surface area contributed by atoms with E-state index in [1.54, 1.807) is 36.3 Å². The van der Waals surface area contributed by atoms with Gasteiger partial charge in [-0.05, 0) is 50.1 Å². The lowest BCUT2D eigenvalue weighted by molar-refractivity contribution is -0.137. The fourth-order valence-corrected chi connectivity index (χ4v) is 3.98. The minimum absolute atomic E-state index is 0.0889. The summed E-state index contributed by atoms with van der Waals surface area (Å²) in [6.45, 7) is 3.00. The monoisotopic (exact) mass is 418 g/mol. The maximum Gasteiger partial charge on any atom is 0.416 e. The third kappa shape index (κ3) is 3.59. The summed E-state index contributed by atoms with van der Waals surface area (Å²) in [6, 6.07) is 3.38. The molecule has 158 valence electrons. The van der Waals surface area contributed by atoms with E-state index in [1.807, 2.05) is 4.90 Å². The van der Waals surface area contributed by atoms with E-state index < -0.39 is 29.1 Å². The van der Waals surface area contributed by atoms with Crippen LogP contribution in [0.4, 0.5) is 24.5 Å². The minimum Gasteiger partial charge on any atom is -0.370 e. The standard InChI is InChI=1S/C21H21F3N4O2/c1-20(13-18(29)26-17-6-2-3-11-28(17)20)19(30)25-15-12-14(21(22,23)24)7-8-16(15)27-9-4-5-10-27/h2-3,6-8,11-12H,4-5,9-10,13H2,1H3,(H,25,30). The molecule has 6 nitrogen and oxygen atoms in total. The molecular weight excluding hydrogens is 397 g/mol. The number of hydrogen-bond acceptors (Lipinski definition) is 4. The van der Waals surface area contributed by atoms with Crippen molar-refractivity contribution in [3.8, 4) is 0 Å². The van der Waals surface area contributed by atoms with E-state index in [-0.39, 0.29) is 12.1 Å². The molecule has 0 aromatic heterocycles. The molecule has 1 fully saturated rings. The number of carbonyl (C=O) groups excluding carboxylic acids is 2. The number of amidine groups is 1. The second-order valence-electron chi connectivity index (χ2n) is 7.76. The number of rotatable bonds is 3. The van der Waals surface area contributed by atoms with E-state index in [0.29, 0.717) is 24.6 Å². The Balaban J connectivity index is 1.69. The summed E-state index contributed by atoms with van der Waals surface area (Å²) in [5, 5.41) is 2.68. The van der Waals surface area contributed by atoms with Gasteiger partial charge in [-0.2, -0.15) is 18.2 Å². The smallest absolute Gasteiger partial charge is 0.370 e. The Morgan fingerprint density at radius 3 is 2.63 bits per heavy atom. The van der Waals surface area contributed by atoms with Crippen molar-refractivity contribution in [2.24, 2.45) is 4.99 Å². The largest absolute Gasteiger partial charge is 0.416 e. The number of halogens is 3. The molecule has 9 heteroatoms. The fraction of sp³-hybridized carbons (Fsp3) is 0.381. The highest BCUT2D eigenvalue weighted by Crippen LogP contribution is 2.38. The van der Waals surface area contributed by atoms with Gasteiger partial charge in [-0.1, -0.05) is 6.08 Å². The van der Waals surface area contributed by atoms with Crippen LogP contribution in [0.15, 0.2) is 47.6 Å². The molecule has 3 aliphatic heterocycles. The molecule has 0 radical (unpaired) electrons. The van der Waals surface area contributed by atoms with Crippen LogP contribution >= 0.6 is 0 Å². The van der Waals surface area contributed by atoms with Crippen LogP contribution in [0.25, 0.3) is 0 Å². The van der Waals surface area contributed by atoms with Crippen LogP contribution in [0, 0.1) is 0 Å². The van der Waals surface area contributed by atoms with E-state index in [2.05, 4.69) is 10.3 Å². The Bertz CT molecular complexity index is 977. The van der Waals surface area contributed by atoms with Gasteiger partial charge in [0, 0.05) is 19.3 Å². The molecular formula is C21H21F3N4O2. The summed E-state index contributed by atoms with van der Waals surface area (Å²) >= 11 is 0. The Morgan fingerprint density at radius 1 is 1.20 bits per heavy atom. The molecule has 1 aromatic carbocycles. The van der Waals surface area contributed by atoms with Crippen molar-refractivity contribution in [1.29, 1.82) is 0 Å². The van der Waals surface area contributed by atoms with Gasteiger partial charge in [0.25, 0.3) is 11.8 Å². The van der Waals surface area contributed by atoms with Crippen molar-refractivity contribution in [1.82, 2.24) is 4.90 Å². The Kier molecular flexibility index (Phi) is 4.91. The first-order chi connectivity index (χ1) is 14.2. The van der Waals surface area contributed by atoms with Crippen LogP contribution in [0.5, 0.6) is 0 Å². The number of nitrogens with one attached hydrogen (secondary N) is 1. The fourth-order valence-electron chi connectivity index (χ4n) is 3.98. The Labute approximate surface area is 171 Å². The first kappa shape index (κ1) is 20.2. The average molecular weight is 418 g/mol. The zero-order valence-electron chi connectivity index (χ0n) is 16.4. The van der Waals surface area contributed by atoms with Gasteiger partial charge >= 0.3 is 6.18 Å².